The zero-order chi connectivity index (χ0) is 15.6. The molecule has 2 aromatic carbocycles. The maximum Gasteiger partial charge on any atom is 0.337 e. The minimum absolute atomic E-state index is 0.187. The molecule has 0 radical (unpaired) electrons. The van der Waals surface area contributed by atoms with Crippen molar-refractivity contribution >= 4 is 17.6 Å². The lowest BCUT2D eigenvalue weighted by Crippen LogP contribution is -2.15. The predicted molar refractivity (Wildman–Crippen MR) is 71.1 cm³/mol. The highest BCUT2D eigenvalue weighted by Gasteiger charge is 2.16. The first-order valence-electron chi connectivity index (χ1n) is 5.74. The molecular weight excluding hydrogens is 281 g/mol. The number of rotatable bonds is 3. The van der Waals surface area contributed by atoms with E-state index in [-0.39, 0.29) is 22.6 Å². The van der Waals surface area contributed by atoms with Gasteiger partial charge in [-0.2, -0.15) is 0 Å². The molecule has 0 unspecified atom stereocenters. The van der Waals surface area contributed by atoms with Gasteiger partial charge in [-0.05, 0) is 30.3 Å². The van der Waals surface area contributed by atoms with Crippen molar-refractivity contribution in [1.29, 1.82) is 0 Å². The Morgan fingerprint density at radius 3 is 2.29 bits per heavy atom. The molecule has 0 fully saturated rings. The minimum atomic E-state index is -1.33. The summed E-state index contributed by atoms with van der Waals surface area (Å²) in [4.78, 5) is 23.0. The maximum atomic E-state index is 13.2. The Labute approximate surface area is 118 Å². The van der Waals surface area contributed by atoms with Crippen LogP contribution in [0.2, 0.25) is 0 Å². The average molecular weight is 291 g/mol. The monoisotopic (exact) mass is 291 g/mol. The van der Waals surface area contributed by atoms with E-state index in [1.165, 1.54) is 6.07 Å². The van der Waals surface area contributed by atoms with Gasteiger partial charge in [-0.1, -0.05) is 0 Å². The zero-order valence-electron chi connectivity index (χ0n) is 10.5. The van der Waals surface area contributed by atoms with Gasteiger partial charge in [-0.3, -0.25) is 4.79 Å². The van der Waals surface area contributed by atoms with Gasteiger partial charge >= 0.3 is 5.97 Å². The highest BCUT2D eigenvalue weighted by atomic mass is 19.1. The quantitative estimate of drug-likeness (QED) is 0.693. The van der Waals surface area contributed by atoms with Crippen molar-refractivity contribution in [2.75, 3.05) is 5.32 Å². The van der Waals surface area contributed by atoms with Gasteiger partial charge in [0.05, 0.1) is 16.8 Å². The second kappa shape index (κ2) is 5.49. The van der Waals surface area contributed by atoms with Crippen molar-refractivity contribution < 1.29 is 29.3 Å². The van der Waals surface area contributed by atoms with Gasteiger partial charge in [0, 0.05) is 6.07 Å². The largest absolute Gasteiger partial charge is 0.508 e. The van der Waals surface area contributed by atoms with Crippen molar-refractivity contribution in [2.45, 2.75) is 0 Å². The average Bonchev–Trinajstić information content (AvgIpc) is 2.37. The van der Waals surface area contributed by atoms with Gasteiger partial charge in [-0.25, -0.2) is 9.18 Å². The molecule has 0 bridgehead atoms. The highest BCUT2D eigenvalue weighted by molar-refractivity contribution is 6.09. The number of phenolic OH excluding ortho intramolecular Hbond substituents is 2. The number of anilines is 1. The van der Waals surface area contributed by atoms with Crippen LogP contribution in [-0.4, -0.2) is 27.2 Å². The molecule has 0 saturated heterocycles. The standard InChI is InChI=1S/C14H10FNO5/c15-7-1-3-9(14(20)21)11(5-7)16-13(19)10-4-2-8(17)6-12(10)18/h1-6,17-18H,(H,16,19)(H,20,21). The Morgan fingerprint density at radius 2 is 1.67 bits per heavy atom. The van der Waals surface area contributed by atoms with Crippen molar-refractivity contribution in [1.82, 2.24) is 0 Å². The Hall–Kier alpha value is -3.09. The minimum Gasteiger partial charge on any atom is -0.508 e. The van der Waals surface area contributed by atoms with Crippen LogP contribution in [0.4, 0.5) is 10.1 Å². The van der Waals surface area contributed by atoms with Crippen LogP contribution in [0.1, 0.15) is 20.7 Å². The summed E-state index contributed by atoms with van der Waals surface area (Å²) in [6.45, 7) is 0. The second-order valence-corrected chi connectivity index (χ2v) is 4.15. The van der Waals surface area contributed by atoms with E-state index in [1.807, 2.05) is 0 Å². The van der Waals surface area contributed by atoms with Crippen LogP contribution in [-0.2, 0) is 0 Å². The van der Waals surface area contributed by atoms with Crippen LogP contribution >= 0.6 is 0 Å². The molecule has 0 aromatic heterocycles. The number of carboxylic acids is 1. The smallest absolute Gasteiger partial charge is 0.337 e. The molecule has 2 rings (SSSR count). The number of carbonyl (C=O) groups excluding carboxylic acids is 1. The van der Waals surface area contributed by atoms with Gasteiger partial charge < -0.3 is 20.6 Å². The van der Waals surface area contributed by atoms with Crippen molar-refractivity contribution in [3.63, 3.8) is 0 Å². The Kier molecular flexibility index (Phi) is 3.75. The number of nitrogens with one attached hydrogen (secondary N) is 1. The number of phenols is 2. The van der Waals surface area contributed by atoms with Crippen LogP contribution < -0.4 is 5.32 Å². The van der Waals surface area contributed by atoms with Gasteiger partial charge in [0.1, 0.15) is 17.3 Å². The summed E-state index contributed by atoms with van der Waals surface area (Å²) in [6.07, 6.45) is 0. The maximum absolute atomic E-state index is 13.2. The molecule has 0 aliphatic rings. The lowest BCUT2D eigenvalue weighted by Gasteiger charge is -2.09. The third-order valence-electron chi connectivity index (χ3n) is 2.69. The summed E-state index contributed by atoms with van der Waals surface area (Å²) >= 11 is 0. The van der Waals surface area contributed by atoms with Crippen LogP contribution in [0, 0.1) is 5.82 Å². The summed E-state index contributed by atoms with van der Waals surface area (Å²) in [5, 5.41) is 29.9. The van der Waals surface area contributed by atoms with Crippen molar-refractivity contribution in [3.8, 4) is 11.5 Å². The molecule has 0 aliphatic heterocycles. The molecule has 1 amide bonds. The van der Waals surface area contributed by atoms with E-state index >= 15 is 0 Å². The number of aromatic carboxylic acids is 1. The summed E-state index contributed by atoms with van der Waals surface area (Å²) < 4.78 is 13.2. The van der Waals surface area contributed by atoms with E-state index in [0.717, 1.165) is 30.3 Å². The number of benzene rings is 2. The number of hydrogen-bond acceptors (Lipinski definition) is 4. The molecule has 0 saturated carbocycles. The second-order valence-electron chi connectivity index (χ2n) is 4.15. The summed E-state index contributed by atoms with van der Waals surface area (Å²) in [5.74, 6) is -3.60. The molecule has 108 valence electrons. The van der Waals surface area contributed by atoms with E-state index in [4.69, 9.17) is 10.2 Å². The van der Waals surface area contributed by atoms with E-state index in [9.17, 15) is 19.1 Å². The summed E-state index contributed by atoms with van der Waals surface area (Å²) in [6, 6.07) is 6.12. The normalized spacial score (nSPS) is 10.1. The van der Waals surface area contributed by atoms with Gasteiger partial charge in [0.25, 0.3) is 5.91 Å². The molecule has 6 nitrogen and oxygen atoms in total. The first kappa shape index (κ1) is 14.3. The fourth-order valence-electron chi connectivity index (χ4n) is 1.71. The molecule has 0 aliphatic carbocycles. The van der Waals surface area contributed by atoms with Gasteiger partial charge in [-0.15, -0.1) is 0 Å². The molecule has 4 N–H and O–H groups in total. The SMILES string of the molecule is O=C(Nc1cc(F)ccc1C(=O)O)c1ccc(O)cc1O. The molecule has 0 spiro atoms. The highest BCUT2D eigenvalue weighted by Crippen LogP contribution is 2.24. The molecule has 2 aromatic rings. The van der Waals surface area contributed by atoms with Crippen LogP contribution in [0.3, 0.4) is 0 Å². The first-order valence-corrected chi connectivity index (χ1v) is 5.74. The van der Waals surface area contributed by atoms with Gasteiger partial charge in [0.15, 0.2) is 0 Å². The topological polar surface area (TPSA) is 107 Å². The number of halogens is 1. The van der Waals surface area contributed by atoms with Crippen LogP contribution in [0.25, 0.3) is 0 Å². The third kappa shape index (κ3) is 3.08. The van der Waals surface area contributed by atoms with Crippen LogP contribution in [0.15, 0.2) is 36.4 Å². The molecule has 0 heterocycles. The van der Waals surface area contributed by atoms with E-state index in [2.05, 4.69) is 5.32 Å². The number of carboxylic acid groups (broad SMARTS) is 1. The van der Waals surface area contributed by atoms with Crippen molar-refractivity contribution in [3.05, 3.63) is 53.3 Å². The molecule has 21 heavy (non-hydrogen) atoms. The molecule has 0 atom stereocenters. The third-order valence-corrected chi connectivity index (χ3v) is 2.69. The summed E-state index contributed by atoms with van der Waals surface area (Å²) in [7, 11) is 0. The molecule has 7 heteroatoms. The Bertz CT molecular complexity index is 729. The zero-order valence-corrected chi connectivity index (χ0v) is 10.5. The van der Waals surface area contributed by atoms with E-state index in [0.29, 0.717) is 0 Å². The van der Waals surface area contributed by atoms with Gasteiger partial charge in [0.2, 0.25) is 0 Å². The first-order chi connectivity index (χ1) is 9.88. The van der Waals surface area contributed by atoms with Crippen molar-refractivity contribution in [2.24, 2.45) is 0 Å². The molecular formula is C14H10FNO5. The summed E-state index contributed by atoms with van der Waals surface area (Å²) in [5.41, 5.74) is -0.712. The number of aromatic hydroxyl groups is 2. The lowest BCUT2D eigenvalue weighted by atomic mass is 10.1. The number of hydrogen-bond donors (Lipinski definition) is 4. The Balaban J connectivity index is 2.35. The fourth-order valence-corrected chi connectivity index (χ4v) is 1.71. The fraction of sp³-hybridized carbons (Fsp3) is 0. The number of carbonyl (C=O) groups is 2. The van der Waals surface area contributed by atoms with E-state index < -0.39 is 23.4 Å². The predicted octanol–water partition coefficient (Wildman–Crippen LogP) is 2.19. The van der Waals surface area contributed by atoms with E-state index in [1.54, 1.807) is 0 Å². The number of amides is 1. The van der Waals surface area contributed by atoms with Crippen LogP contribution in [0.5, 0.6) is 11.5 Å². The lowest BCUT2D eigenvalue weighted by molar-refractivity contribution is 0.0698. The Morgan fingerprint density at radius 1 is 1.00 bits per heavy atom.